The molecule has 2 rings (SSSR count). The molecule has 0 saturated heterocycles. The molecule has 0 aliphatic heterocycles. The van der Waals surface area contributed by atoms with Crippen molar-refractivity contribution in [2.24, 2.45) is 11.8 Å². The van der Waals surface area contributed by atoms with Crippen LogP contribution in [-0.4, -0.2) is 29.9 Å². The minimum atomic E-state index is -0.944. The number of rotatable bonds is 4. The third-order valence-corrected chi connectivity index (χ3v) is 3.43. The van der Waals surface area contributed by atoms with E-state index in [-0.39, 0.29) is 11.8 Å². The lowest BCUT2D eigenvalue weighted by Crippen LogP contribution is -2.20. The first-order valence-corrected chi connectivity index (χ1v) is 6.30. The predicted octanol–water partition coefficient (Wildman–Crippen LogP) is 1.01. The van der Waals surface area contributed by atoms with Gasteiger partial charge < -0.3 is 15.7 Å². The van der Waals surface area contributed by atoms with Crippen LogP contribution < -0.4 is 10.6 Å². The Morgan fingerprint density at radius 1 is 1.25 bits per heavy atom. The van der Waals surface area contributed by atoms with Crippen LogP contribution in [0.15, 0.2) is 18.2 Å². The Labute approximate surface area is 116 Å². The number of carboxylic acids is 1. The molecule has 1 aliphatic carbocycles. The Hall–Kier alpha value is -2.37. The largest absolute Gasteiger partial charge is 0.481 e. The van der Waals surface area contributed by atoms with Crippen LogP contribution in [0.2, 0.25) is 0 Å². The van der Waals surface area contributed by atoms with Crippen molar-refractivity contribution in [2.45, 2.75) is 13.3 Å². The summed E-state index contributed by atoms with van der Waals surface area (Å²) in [5.41, 5.74) is 1.80. The van der Waals surface area contributed by atoms with Gasteiger partial charge in [-0.15, -0.1) is 0 Å². The number of amides is 2. The van der Waals surface area contributed by atoms with Crippen molar-refractivity contribution < 1.29 is 19.5 Å². The molecular weight excluding hydrogens is 260 g/mol. The average molecular weight is 276 g/mol. The molecule has 6 nitrogen and oxygen atoms in total. The van der Waals surface area contributed by atoms with Gasteiger partial charge in [0.2, 0.25) is 5.91 Å². The smallest absolute Gasteiger partial charge is 0.307 e. The fraction of sp³-hybridized carbons (Fsp3) is 0.357. The summed E-state index contributed by atoms with van der Waals surface area (Å²) in [6.45, 7) is 1.81. The second-order valence-electron chi connectivity index (χ2n) is 4.89. The lowest BCUT2D eigenvalue weighted by molar-refractivity contribution is -0.139. The Kier molecular flexibility index (Phi) is 3.74. The van der Waals surface area contributed by atoms with Gasteiger partial charge >= 0.3 is 5.97 Å². The zero-order chi connectivity index (χ0) is 14.9. The Balaban J connectivity index is 2.11. The highest BCUT2D eigenvalue weighted by molar-refractivity contribution is 6.00. The lowest BCUT2D eigenvalue weighted by Gasteiger charge is -2.10. The first-order chi connectivity index (χ1) is 9.43. The molecule has 1 aliphatic rings. The van der Waals surface area contributed by atoms with Gasteiger partial charge in [-0.25, -0.2) is 0 Å². The molecule has 0 bridgehead atoms. The van der Waals surface area contributed by atoms with E-state index in [1.54, 1.807) is 18.2 Å². The third kappa shape index (κ3) is 2.79. The number of nitrogens with one attached hydrogen (secondary N) is 2. The van der Waals surface area contributed by atoms with E-state index in [0.717, 1.165) is 5.56 Å². The fourth-order valence-corrected chi connectivity index (χ4v) is 2.03. The highest BCUT2D eigenvalue weighted by atomic mass is 16.4. The first-order valence-electron chi connectivity index (χ1n) is 6.30. The zero-order valence-electron chi connectivity index (χ0n) is 11.3. The molecule has 20 heavy (non-hydrogen) atoms. The highest BCUT2D eigenvalue weighted by Gasteiger charge is 2.48. The minimum Gasteiger partial charge on any atom is -0.481 e. The van der Waals surface area contributed by atoms with E-state index in [9.17, 15) is 14.4 Å². The molecular formula is C14H16N2O4. The number of aryl methyl sites for hydroxylation is 1. The van der Waals surface area contributed by atoms with E-state index >= 15 is 0 Å². The van der Waals surface area contributed by atoms with Gasteiger partial charge in [-0.3, -0.25) is 14.4 Å². The van der Waals surface area contributed by atoms with Crippen molar-refractivity contribution in [1.82, 2.24) is 5.32 Å². The number of benzene rings is 1. The molecule has 2 atom stereocenters. The van der Waals surface area contributed by atoms with E-state index in [4.69, 9.17) is 5.11 Å². The maximum absolute atomic E-state index is 11.9. The van der Waals surface area contributed by atoms with E-state index in [1.807, 2.05) is 6.92 Å². The maximum Gasteiger partial charge on any atom is 0.307 e. The highest BCUT2D eigenvalue weighted by Crippen LogP contribution is 2.39. The number of carboxylic acid groups (broad SMARTS) is 1. The quantitative estimate of drug-likeness (QED) is 0.765. The summed E-state index contributed by atoms with van der Waals surface area (Å²) in [6.07, 6.45) is 0.370. The van der Waals surface area contributed by atoms with Gasteiger partial charge in [-0.2, -0.15) is 0 Å². The number of carbonyl (C=O) groups excluding carboxylic acids is 2. The summed E-state index contributed by atoms with van der Waals surface area (Å²) in [4.78, 5) is 34.2. The van der Waals surface area contributed by atoms with Gasteiger partial charge in [-0.05, 0) is 31.0 Å². The van der Waals surface area contributed by atoms with Gasteiger partial charge in [0.1, 0.15) is 0 Å². The Morgan fingerprint density at radius 3 is 2.50 bits per heavy atom. The summed E-state index contributed by atoms with van der Waals surface area (Å²) < 4.78 is 0. The molecule has 0 heterocycles. The van der Waals surface area contributed by atoms with E-state index in [1.165, 1.54) is 7.05 Å². The second-order valence-corrected chi connectivity index (χ2v) is 4.89. The lowest BCUT2D eigenvalue weighted by atomic mass is 10.1. The number of aliphatic carboxylic acids is 1. The van der Waals surface area contributed by atoms with Gasteiger partial charge in [0.05, 0.1) is 11.8 Å². The molecule has 1 fully saturated rings. The van der Waals surface area contributed by atoms with Crippen molar-refractivity contribution in [3.63, 3.8) is 0 Å². The molecule has 1 saturated carbocycles. The summed E-state index contributed by atoms with van der Waals surface area (Å²) in [7, 11) is 1.53. The molecule has 1 aromatic carbocycles. The van der Waals surface area contributed by atoms with Crippen molar-refractivity contribution in [1.29, 1.82) is 0 Å². The van der Waals surface area contributed by atoms with Crippen molar-refractivity contribution in [2.75, 3.05) is 12.4 Å². The van der Waals surface area contributed by atoms with E-state index in [2.05, 4.69) is 10.6 Å². The molecule has 0 radical (unpaired) electrons. The van der Waals surface area contributed by atoms with Crippen molar-refractivity contribution >= 4 is 23.5 Å². The van der Waals surface area contributed by atoms with Gasteiger partial charge in [-0.1, -0.05) is 6.07 Å². The van der Waals surface area contributed by atoms with Crippen molar-refractivity contribution in [3.05, 3.63) is 29.3 Å². The van der Waals surface area contributed by atoms with Crippen molar-refractivity contribution in [3.8, 4) is 0 Å². The summed E-state index contributed by atoms with van der Waals surface area (Å²) in [5.74, 6) is -2.56. The number of hydrogen-bond donors (Lipinski definition) is 3. The monoisotopic (exact) mass is 276 g/mol. The Morgan fingerprint density at radius 2 is 1.95 bits per heavy atom. The minimum absolute atomic E-state index is 0.240. The van der Waals surface area contributed by atoms with Crippen LogP contribution in [0.5, 0.6) is 0 Å². The van der Waals surface area contributed by atoms with Crippen LogP contribution in [0.25, 0.3) is 0 Å². The Bertz CT molecular complexity index is 583. The van der Waals surface area contributed by atoms with Gasteiger partial charge in [0, 0.05) is 18.3 Å². The second kappa shape index (κ2) is 5.32. The molecule has 2 unspecified atom stereocenters. The van der Waals surface area contributed by atoms with Crippen LogP contribution in [-0.2, 0) is 9.59 Å². The normalized spacial score (nSPS) is 20.1. The molecule has 0 spiro atoms. The topological polar surface area (TPSA) is 95.5 Å². The van der Waals surface area contributed by atoms with Gasteiger partial charge in [0.25, 0.3) is 5.91 Å². The fourth-order valence-electron chi connectivity index (χ4n) is 2.03. The van der Waals surface area contributed by atoms with Crippen LogP contribution in [0.1, 0.15) is 22.3 Å². The van der Waals surface area contributed by atoms with Gasteiger partial charge in [0.15, 0.2) is 0 Å². The summed E-state index contributed by atoms with van der Waals surface area (Å²) in [5, 5.41) is 14.0. The molecule has 2 amide bonds. The van der Waals surface area contributed by atoms with Crippen LogP contribution in [0.4, 0.5) is 5.69 Å². The van der Waals surface area contributed by atoms with Crippen LogP contribution in [0.3, 0.4) is 0 Å². The molecule has 0 aromatic heterocycles. The third-order valence-electron chi connectivity index (χ3n) is 3.43. The zero-order valence-corrected chi connectivity index (χ0v) is 11.3. The SMILES string of the molecule is CNC(=O)c1ccc(C)c(NC(=O)C2CC2C(=O)O)c1. The van der Waals surface area contributed by atoms with E-state index in [0.29, 0.717) is 17.7 Å². The molecule has 1 aromatic rings. The van der Waals surface area contributed by atoms with Crippen LogP contribution >= 0.6 is 0 Å². The maximum atomic E-state index is 11.9. The molecule has 106 valence electrons. The number of carbonyl (C=O) groups is 3. The molecule has 6 heteroatoms. The first kappa shape index (κ1) is 14.0. The predicted molar refractivity (Wildman–Crippen MR) is 72.4 cm³/mol. The summed E-state index contributed by atoms with van der Waals surface area (Å²) >= 11 is 0. The number of anilines is 1. The van der Waals surface area contributed by atoms with E-state index < -0.39 is 17.8 Å². The number of hydrogen-bond acceptors (Lipinski definition) is 3. The summed E-state index contributed by atoms with van der Waals surface area (Å²) in [6, 6.07) is 4.99. The molecule has 3 N–H and O–H groups in total. The average Bonchev–Trinajstić information content (AvgIpc) is 3.20. The standard InChI is InChI=1S/C14H16N2O4/c1-7-3-4-8(12(17)15-2)5-11(7)16-13(18)9-6-10(9)14(19)20/h3-5,9-10H,6H2,1-2H3,(H,15,17)(H,16,18)(H,19,20). The van der Waals surface area contributed by atoms with Crippen LogP contribution in [0, 0.1) is 18.8 Å².